The Labute approximate surface area is 237 Å². The molecule has 1 atom stereocenters. The van der Waals surface area contributed by atoms with Crippen LogP contribution in [0.2, 0.25) is 0 Å². The number of carbonyl (C=O) groups is 1. The van der Waals surface area contributed by atoms with E-state index >= 15 is 0 Å². The zero-order chi connectivity index (χ0) is 30.4. The summed E-state index contributed by atoms with van der Waals surface area (Å²) in [4.78, 5) is 21.2. The Hall–Kier alpha value is -4.68. The van der Waals surface area contributed by atoms with Crippen LogP contribution in [0.3, 0.4) is 0 Å². The molecule has 2 aromatic heterocycles. The van der Waals surface area contributed by atoms with Crippen molar-refractivity contribution in [1.29, 1.82) is 5.26 Å². The second kappa shape index (κ2) is 10.3. The van der Waals surface area contributed by atoms with Crippen LogP contribution < -0.4 is 10.6 Å². The molecule has 5 rings (SSSR count). The first-order valence-electron chi connectivity index (χ1n) is 12.4. The third-order valence-electron chi connectivity index (χ3n) is 6.59. The van der Waals surface area contributed by atoms with E-state index in [-0.39, 0.29) is 28.9 Å². The van der Waals surface area contributed by atoms with Crippen molar-refractivity contribution in [2.24, 2.45) is 5.73 Å². The molecule has 1 aliphatic heterocycles. The van der Waals surface area contributed by atoms with Crippen LogP contribution in [0.15, 0.2) is 64.2 Å². The van der Waals surface area contributed by atoms with E-state index < -0.39 is 45.0 Å². The van der Waals surface area contributed by atoms with Gasteiger partial charge in [0.2, 0.25) is 23.5 Å². The summed E-state index contributed by atoms with van der Waals surface area (Å²) in [5.74, 6) is -2.39. The van der Waals surface area contributed by atoms with Crippen molar-refractivity contribution >= 4 is 21.4 Å². The largest absolute Gasteiger partial charge is 0.451 e. The fourth-order valence-corrected chi connectivity index (χ4v) is 5.81. The number of amides is 1. The first kappa shape index (κ1) is 28.8. The van der Waals surface area contributed by atoms with E-state index in [2.05, 4.69) is 26.2 Å². The number of halogens is 3. The number of alkyl halides is 3. The van der Waals surface area contributed by atoms with E-state index in [0.717, 1.165) is 12.4 Å². The summed E-state index contributed by atoms with van der Waals surface area (Å²) in [5, 5.41) is 17.3. The van der Waals surface area contributed by atoms with Gasteiger partial charge in [-0.1, -0.05) is 24.3 Å². The third-order valence-corrected chi connectivity index (χ3v) is 8.40. The van der Waals surface area contributed by atoms with E-state index in [1.54, 1.807) is 38.1 Å². The summed E-state index contributed by atoms with van der Waals surface area (Å²) in [7, 11) is -3.95. The molecule has 0 spiro atoms. The summed E-state index contributed by atoms with van der Waals surface area (Å²) in [6, 6.07) is 11.5. The molecule has 1 aliphatic rings. The number of nitrogens with zero attached hydrogens (tertiary/aromatic N) is 6. The minimum Gasteiger partial charge on any atom is -0.419 e. The van der Waals surface area contributed by atoms with Gasteiger partial charge < -0.3 is 15.1 Å². The number of nitrogens with two attached hydrogens (primary N) is 1. The second-order valence-corrected chi connectivity index (χ2v) is 12.1. The highest BCUT2D eigenvalue weighted by Crippen LogP contribution is 2.36. The van der Waals surface area contributed by atoms with Crippen molar-refractivity contribution < 1.29 is 30.8 Å². The number of carbonyl (C=O) groups excluding carboxylic acids is 1. The second-order valence-electron chi connectivity index (χ2n) is 10.1. The Balaban J connectivity index is 1.50. The molecule has 0 unspecified atom stereocenters. The monoisotopic (exact) mass is 597 g/mol. The molecular formula is C27H22F3N7O4S. The lowest BCUT2D eigenvalue weighted by atomic mass is 9.96. The zero-order valence-electron chi connectivity index (χ0n) is 22.1. The van der Waals surface area contributed by atoms with Crippen LogP contribution in [0.4, 0.5) is 18.9 Å². The molecule has 2 N–H and O–H groups in total. The minimum absolute atomic E-state index is 0.0255. The lowest BCUT2D eigenvalue weighted by molar-refractivity contribution is -0.145. The van der Waals surface area contributed by atoms with Gasteiger partial charge in [-0.15, -0.1) is 10.2 Å². The molecule has 4 aromatic rings. The molecule has 15 heteroatoms. The van der Waals surface area contributed by atoms with Crippen LogP contribution in [-0.2, 0) is 32.8 Å². The summed E-state index contributed by atoms with van der Waals surface area (Å²) >= 11 is 0. The van der Waals surface area contributed by atoms with E-state index in [1.165, 1.54) is 23.1 Å². The van der Waals surface area contributed by atoms with Gasteiger partial charge in [-0.3, -0.25) is 4.79 Å². The Bertz CT molecular complexity index is 1810. The third kappa shape index (κ3) is 5.46. The number of anilines is 1. The van der Waals surface area contributed by atoms with E-state index in [9.17, 15) is 31.6 Å². The highest BCUT2D eigenvalue weighted by atomic mass is 32.2. The van der Waals surface area contributed by atoms with Gasteiger partial charge in [-0.05, 0) is 43.2 Å². The smallest absolute Gasteiger partial charge is 0.419 e. The van der Waals surface area contributed by atoms with E-state index in [4.69, 9.17) is 10.2 Å². The summed E-state index contributed by atoms with van der Waals surface area (Å²) in [6.45, 7) is 3.13. The van der Waals surface area contributed by atoms with Crippen molar-refractivity contribution in [2.45, 2.75) is 42.9 Å². The maximum Gasteiger partial charge on any atom is 0.451 e. The molecule has 1 amide bonds. The van der Waals surface area contributed by atoms with Crippen molar-refractivity contribution in [3.63, 3.8) is 0 Å². The van der Waals surface area contributed by atoms with Crippen molar-refractivity contribution in [3.8, 4) is 28.7 Å². The normalized spacial score (nSPS) is 16.9. The number of aromatic nitrogens is 4. The molecule has 216 valence electrons. The van der Waals surface area contributed by atoms with Gasteiger partial charge in [0.05, 0.1) is 35.0 Å². The van der Waals surface area contributed by atoms with Gasteiger partial charge in [0.15, 0.2) is 9.84 Å². The number of hydrogen-bond donors (Lipinski definition) is 1. The highest BCUT2D eigenvalue weighted by molar-refractivity contribution is 7.91. The lowest BCUT2D eigenvalue weighted by Gasteiger charge is -2.24. The number of hydrogen-bond acceptors (Lipinski definition) is 10. The van der Waals surface area contributed by atoms with Crippen LogP contribution in [0.5, 0.6) is 0 Å². The highest BCUT2D eigenvalue weighted by Gasteiger charge is 2.37. The number of nitriles is 1. The molecule has 0 aliphatic carbocycles. The minimum atomic E-state index is -4.66. The average molecular weight is 598 g/mol. The Morgan fingerprint density at radius 1 is 1.05 bits per heavy atom. The average Bonchev–Trinajstić information content (AvgIpc) is 3.44. The Kier molecular flexibility index (Phi) is 7.07. The van der Waals surface area contributed by atoms with Gasteiger partial charge in [0.1, 0.15) is 5.41 Å². The van der Waals surface area contributed by atoms with Crippen molar-refractivity contribution in [2.75, 3.05) is 10.7 Å². The van der Waals surface area contributed by atoms with Crippen molar-refractivity contribution in [1.82, 2.24) is 20.2 Å². The molecule has 2 aromatic carbocycles. The van der Waals surface area contributed by atoms with Gasteiger partial charge in [0, 0.05) is 23.5 Å². The van der Waals surface area contributed by atoms with Crippen molar-refractivity contribution in [3.05, 3.63) is 72.1 Å². The Morgan fingerprint density at radius 2 is 1.69 bits per heavy atom. The van der Waals surface area contributed by atoms with Gasteiger partial charge >= 0.3 is 6.18 Å². The predicted molar refractivity (Wildman–Crippen MR) is 142 cm³/mol. The van der Waals surface area contributed by atoms with Crippen LogP contribution >= 0.6 is 0 Å². The van der Waals surface area contributed by atoms with E-state index in [0.29, 0.717) is 22.3 Å². The SMILES string of the molecule is CC(C)(C#N)c1nnc(-c2ccc3c(c2)N(Cc2ccc(-c4cnc(C(F)(F)F)nc4)cc2)C(=O)[C@@H](N)CS3(=O)=O)o1. The molecule has 0 saturated carbocycles. The molecule has 0 bridgehead atoms. The number of sulfone groups is 1. The van der Waals surface area contributed by atoms with Gasteiger partial charge in [0.25, 0.3) is 0 Å². The number of rotatable bonds is 5. The first-order valence-corrected chi connectivity index (χ1v) is 14.0. The molecule has 0 radical (unpaired) electrons. The molecular weight excluding hydrogens is 575 g/mol. The fraction of sp³-hybridized carbons (Fsp3) is 0.259. The number of benzene rings is 2. The number of fused-ring (bicyclic) bond motifs is 1. The maximum absolute atomic E-state index is 13.4. The standard InChI is InChI=1S/C27H22F3N7O4S/c1-26(2,14-31)25-36-35-22(41-25)17-7-8-21-20(9-17)37(23(38)19(32)13-42(21,39)40)12-15-3-5-16(6-4-15)18-10-33-24(34-11-18)27(28,29)30/h3-11,19H,12-13,32H2,1-2H3/t19-/m0/s1. The van der Waals surface area contributed by atoms with Crippen LogP contribution in [0, 0.1) is 11.3 Å². The lowest BCUT2D eigenvalue weighted by Crippen LogP contribution is -2.45. The van der Waals surface area contributed by atoms with E-state index in [1.807, 2.05) is 0 Å². The first-order chi connectivity index (χ1) is 19.7. The molecule has 3 heterocycles. The summed E-state index contributed by atoms with van der Waals surface area (Å²) < 4.78 is 70.3. The molecule has 11 nitrogen and oxygen atoms in total. The molecule has 0 saturated heterocycles. The van der Waals surface area contributed by atoms with Gasteiger partial charge in [-0.2, -0.15) is 18.4 Å². The quantitative estimate of drug-likeness (QED) is 0.358. The topological polar surface area (TPSA) is 169 Å². The predicted octanol–water partition coefficient (Wildman–Crippen LogP) is 3.66. The Morgan fingerprint density at radius 3 is 2.31 bits per heavy atom. The fourth-order valence-electron chi connectivity index (χ4n) is 4.25. The molecule has 0 fully saturated rings. The van der Waals surface area contributed by atoms with Crippen LogP contribution in [-0.4, -0.2) is 46.3 Å². The van der Waals surface area contributed by atoms with Crippen LogP contribution in [0.25, 0.3) is 22.6 Å². The molecule has 42 heavy (non-hydrogen) atoms. The zero-order valence-corrected chi connectivity index (χ0v) is 22.9. The maximum atomic E-state index is 13.4. The summed E-state index contributed by atoms with van der Waals surface area (Å²) in [5.41, 5.74) is 6.78. The van der Waals surface area contributed by atoms with Gasteiger partial charge in [-0.25, -0.2) is 18.4 Å². The summed E-state index contributed by atoms with van der Waals surface area (Å²) in [6.07, 6.45) is -2.54. The van der Waals surface area contributed by atoms with Crippen LogP contribution in [0.1, 0.15) is 31.1 Å².